The maximum absolute atomic E-state index is 13.3. The van der Waals surface area contributed by atoms with Crippen LogP contribution in [0.25, 0.3) is 0 Å². The lowest BCUT2D eigenvalue weighted by Crippen LogP contribution is -2.16. The van der Waals surface area contributed by atoms with Crippen LogP contribution in [-0.2, 0) is 11.4 Å². The first-order valence-electron chi connectivity index (χ1n) is 9.53. The molecular formula is C24H24O4S. The summed E-state index contributed by atoms with van der Waals surface area (Å²) in [6.45, 7) is 4.45. The zero-order valence-electron chi connectivity index (χ0n) is 16.6. The Morgan fingerprint density at radius 2 is 1.83 bits per heavy atom. The predicted molar refractivity (Wildman–Crippen MR) is 115 cm³/mol. The lowest BCUT2D eigenvalue weighted by Gasteiger charge is -2.18. The molecule has 1 unspecified atom stereocenters. The van der Waals surface area contributed by atoms with Crippen molar-refractivity contribution in [2.75, 3.05) is 0 Å². The minimum Gasteiger partial charge on any atom is -0.488 e. The van der Waals surface area contributed by atoms with E-state index in [4.69, 9.17) is 9.84 Å². The third-order valence-electron chi connectivity index (χ3n) is 4.98. The first-order valence-corrected chi connectivity index (χ1v) is 10.4. The van der Waals surface area contributed by atoms with Crippen molar-refractivity contribution in [1.29, 1.82) is 0 Å². The van der Waals surface area contributed by atoms with Crippen LogP contribution in [0.1, 0.15) is 50.7 Å². The van der Waals surface area contributed by atoms with Crippen molar-refractivity contribution >= 4 is 23.1 Å². The Labute approximate surface area is 174 Å². The molecule has 0 amide bonds. The van der Waals surface area contributed by atoms with Crippen LogP contribution >= 0.6 is 11.3 Å². The summed E-state index contributed by atoms with van der Waals surface area (Å²) in [5.74, 6) is -0.856. The highest BCUT2D eigenvalue weighted by molar-refractivity contribution is 7.10. The lowest BCUT2D eigenvalue weighted by atomic mass is 9.85. The third kappa shape index (κ3) is 5.33. The molecule has 0 aliphatic heterocycles. The van der Waals surface area contributed by atoms with Gasteiger partial charge in [0.1, 0.15) is 12.4 Å². The lowest BCUT2D eigenvalue weighted by molar-refractivity contribution is -0.137. The number of Topliss-reactive ketones (excluding diaryl/α,β-unsaturated/α-hetero) is 1. The van der Waals surface area contributed by atoms with Gasteiger partial charge in [-0.25, -0.2) is 0 Å². The van der Waals surface area contributed by atoms with Crippen LogP contribution in [0.5, 0.6) is 5.75 Å². The van der Waals surface area contributed by atoms with Crippen LogP contribution in [0.2, 0.25) is 0 Å². The number of benzene rings is 2. The van der Waals surface area contributed by atoms with E-state index in [0.29, 0.717) is 17.9 Å². The Kier molecular flexibility index (Phi) is 6.83. The minimum absolute atomic E-state index is 0.0570. The second-order valence-corrected chi connectivity index (χ2v) is 8.05. The fraction of sp³-hybridized carbons (Fsp3) is 0.250. The van der Waals surface area contributed by atoms with Crippen molar-refractivity contribution in [3.05, 3.63) is 87.1 Å². The number of aliphatic carboxylic acids is 1. The summed E-state index contributed by atoms with van der Waals surface area (Å²) in [4.78, 5) is 25.6. The van der Waals surface area contributed by atoms with E-state index in [-0.39, 0.29) is 18.6 Å². The molecule has 0 saturated heterocycles. The monoisotopic (exact) mass is 408 g/mol. The molecule has 0 aliphatic rings. The SMILES string of the molecule is Cc1ccccc1C(CCC(=O)O)C(=O)c1cccc(OCc2sccc2C)c1. The number of carboxylic acids is 1. The van der Waals surface area contributed by atoms with Crippen molar-refractivity contribution in [1.82, 2.24) is 0 Å². The second-order valence-electron chi connectivity index (χ2n) is 7.05. The van der Waals surface area contributed by atoms with Gasteiger partial charge in [-0.1, -0.05) is 36.4 Å². The summed E-state index contributed by atoms with van der Waals surface area (Å²) in [5, 5.41) is 11.2. The highest BCUT2D eigenvalue weighted by Gasteiger charge is 2.24. The minimum atomic E-state index is -0.903. The van der Waals surface area contributed by atoms with Gasteiger partial charge in [-0.15, -0.1) is 11.3 Å². The Morgan fingerprint density at radius 1 is 1.03 bits per heavy atom. The van der Waals surface area contributed by atoms with E-state index >= 15 is 0 Å². The summed E-state index contributed by atoms with van der Waals surface area (Å²) >= 11 is 1.64. The Hall–Kier alpha value is -2.92. The fourth-order valence-electron chi connectivity index (χ4n) is 3.31. The smallest absolute Gasteiger partial charge is 0.303 e. The molecule has 1 atom stereocenters. The number of thiophene rings is 1. The number of rotatable bonds is 9. The molecule has 1 heterocycles. The maximum atomic E-state index is 13.3. The van der Waals surface area contributed by atoms with Crippen LogP contribution in [-0.4, -0.2) is 16.9 Å². The summed E-state index contributed by atoms with van der Waals surface area (Å²) < 4.78 is 5.89. The Morgan fingerprint density at radius 3 is 2.52 bits per heavy atom. The fourth-order valence-corrected chi connectivity index (χ4v) is 4.13. The normalized spacial score (nSPS) is 11.8. The van der Waals surface area contributed by atoms with E-state index in [1.165, 1.54) is 5.56 Å². The number of ketones is 1. The standard InChI is InChI=1S/C24H24O4S/c1-16-6-3-4-9-20(16)21(10-11-23(25)26)24(27)18-7-5-8-19(14-18)28-15-22-17(2)12-13-29-22/h3-9,12-14,21H,10-11,15H2,1-2H3,(H,25,26). The molecule has 29 heavy (non-hydrogen) atoms. The molecule has 150 valence electrons. The van der Waals surface area contributed by atoms with Crippen LogP contribution in [0.15, 0.2) is 60.0 Å². The zero-order chi connectivity index (χ0) is 20.8. The number of carbonyl (C=O) groups is 2. The average molecular weight is 409 g/mol. The topological polar surface area (TPSA) is 63.6 Å². The number of hydrogen-bond donors (Lipinski definition) is 1. The van der Waals surface area contributed by atoms with Crippen LogP contribution in [0.3, 0.4) is 0 Å². The van der Waals surface area contributed by atoms with Gasteiger partial charge in [-0.05, 0) is 60.5 Å². The molecule has 1 aromatic heterocycles. The Bertz CT molecular complexity index is 1010. The molecule has 2 aromatic carbocycles. The van der Waals surface area contributed by atoms with Crippen molar-refractivity contribution in [3.8, 4) is 5.75 Å². The van der Waals surface area contributed by atoms with Gasteiger partial charge in [0.2, 0.25) is 0 Å². The molecule has 5 heteroatoms. The van der Waals surface area contributed by atoms with Gasteiger partial charge in [0.25, 0.3) is 0 Å². The van der Waals surface area contributed by atoms with Crippen molar-refractivity contribution in [2.45, 2.75) is 39.2 Å². The number of aryl methyl sites for hydroxylation is 2. The molecule has 0 fully saturated rings. The zero-order valence-corrected chi connectivity index (χ0v) is 17.4. The van der Waals surface area contributed by atoms with Gasteiger partial charge in [0.05, 0.1) is 0 Å². The molecule has 1 N–H and O–H groups in total. The predicted octanol–water partition coefficient (Wildman–Crippen LogP) is 5.78. The number of hydrogen-bond acceptors (Lipinski definition) is 4. The largest absolute Gasteiger partial charge is 0.488 e. The second kappa shape index (κ2) is 9.52. The number of carboxylic acid groups (broad SMARTS) is 1. The van der Waals surface area contributed by atoms with Crippen LogP contribution in [0.4, 0.5) is 0 Å². The van der Waals surface area contributed by atoms with Gasteiger partial charge in [-0.3, -0.25) is 9.59 Å². The van der Waals surface area contributed by atoms with Gasteiger partial charge >= 0.3 is 5.97 Å². The molecule has 4 nitrogen and oxygen atoms in total. The van der Waals surface area contributed by atoms with Crippen molar-refractivity contribution in [3.63, 3.8) is 0 Å². The quantitative estimate of drug-likeness (QED) is 0.456. The summed E-state index contributed by atoms with van der Waals surface area (Å²) in [6.07, 6.45) is 0.205. The van der Waals surface area contributed by atoms with Crippen molar-refractivity contribution < 1.29 is 19.4 Å². The summed E-state index contributed by atoms with van der Waals surface area (Å²) in [5.41, 5.74) is 3.58. The van der Waals surface area contributed by atoms with E-state index in [0.717, 1.165) is 16.0 Å². The number of carbonyl (C=O) groups excluding carboxylic acids is 1. The summed E-state index contributed by atoms with van der Waals surface area (Å²) in [6, 6.07) is 16.8. The van der Waals surface area contributed by atoms with Gasteiger partial charge < -0.3 is 9.84 Å². The molecule has 0 bridgehead atoms. The Balaban J connectivity index is 1.82. The van der Waals surface area contributed by atoms with E-state index in [1.54, 1.807) is 29.5 Å². The average Bonchev–Trinajstić information content (AvgIpc) is 3.12. The first-order chi connectivity index (χ1) is 14.0. The molecule has 0 radical (unpaired) electrons. The van der Waals surface area contributed by atoms with Crippen molar-refractivity contribution in [2.24, 2.45) is 0 Å². The molecule has 0 saturated carbocycles. The van der Waals surface area contributed by atoms with Crippen LogP contribution in [0, 0.1) is 13.8 Å². The van der Waals surface area contributed by atoms with Crippen LogP contribution < -0.4 is 4.74 Å². The van der Waals surface area contributed by atoms with Gasteiger partial charge in [0.15, 0.2) is 5.78 Å². The molecule has 3 aromatic rings. The highest BCUT2D eigenvalue weighted by atomic mass is 32.1. The third-order valence-corrected chi connectivity index (χ3v) is 5.98. The summed E-state index contributed by atoms with van der Waals surface area (Å²) in [7, 11) is 0. The first kappa shape index (κ1) is 20.8. The van der Waals surface area contributed by atoms with E-state index in [9.17, 15) is 9.59 Å². The molecule has 3 rings (SSSR count). The van der Waals surface area contributed by atoms with E-state index in [1.807, 2.05) is 49.6 Å². The molecule has 0 aliphatic carbocycles. The molecular weight excluding hydrogens is 384 g/mol. The van der Waals surface area contributed by atoms with E-state index < -0.39 is 11.9 Å². The molecule has 0 spiro atoms. The number of ether oxygens (including phenoxy) is 1. The van der Waals surface area contributed by atoms with Gasteiger partial charge in [0, 0.05) is 22.8 Å². The maximum Gasteiger partial charge on any atom is 0.303 e. The highest BCUT2D eigenvalue weighted by Crippen LogP contribution is 2.30. The van der Waals surface area contributed by atoms with Gasteiger partial charge in [-0.2, -0.15) is 0 Å². The van der Waals surface area contributed by atoms with E-state index in [2.05, 4.69) is 6.07 Å².